The minimum absolute atomic E-state index is 0.131. The Labute approximate surface area is 164 Å². The molecule has 148 valence electrons. The second-order valence-electron chi connectivity index (χ2n) is 10.2. The Kier molecular flexibility index (Phi) is 4.35. The van der Waals surface area contributed by atoms with Crippen LogP contribution in [0.5, 0.6) is 5.75 Å². The molecule has 0 unspecified atom stereocenters. The van der Waals surface area contributed by atoms with Gasteiger partial charge in [-0.2, -0.15) is 0 Å². The summed E-state index contributed by atoms with van der Waals surface area (Å²) in [4.78, 5) is 0. The minimum atomic E-state index is -0.429. The topological polar surface area (TPSA) is 29.5 Å². The molecule has 0 aromatic heterocycles. The predicted octanol–water partition coefficient (Wildman–Crippen LogP) is 6.01. The van der Waals surface area contributed by atoms with Crippen molar-refractivity contribution in [1.29, 1.82) is 0 Å². The molecular formula is C25H36O2. The van der Waals surface area contributed by atoms with Gasteiger partial charge in [0.1, 0.15) is 5.75 Å². The zero-order valence-electron chi connectivity index (χ0n) is 17.2. The first-order valence-corrected chi connectivity index (χ1v) is 11.6. The second kappa shape index (κ2) is 6.51. The van der Waals surface area contributed by atoms with Crippen LogP contribution in [0, 0.1) is 17.3 Å². The smallest absolute Gasteiger partial charge is 0.120 e. The molecular weight excluding hydrogens is 332 g/mol. The highest BCUT2D eigenvalue weighted by molar-refractivity contribution is 5.41. The van der Waals surface area contributed by atoms with E-state index in [1.165, 1.54) is 57.8 Å². The van der Waals surface area contributed by atoms with Gasteiger partial charge in [-0.15, -0.1) is 0 Å². The first kappa shape index (κ1) is 18.0. The van der Waals surface area contributed by atoms with Gasteiger partial charge in [-0.1, -0.05) is 19.9 Å². The molecule has 0 spiro atoms. The van der Waals surface area contributed by atoms with E-state index in [-0.39, 0.29) is 5.41 Å². The zero-order chi connectivity index (χ0) is 18.6. The van der Waals surface area contributed by atoms with Gasteiger partial charge in [0.2, 0.25) is 0 Å². The summed E-state index contributed by atoms with van der Waals surface area (Å²) >= 11 is 0. The molecule has 3 saturated carbocycles. The summed E-state index contributed by atoms with van der Waals surface area (Å²) in [7, 11) is 0. The SMILES string of the molecule is CC[C@]1(O)CC[C@H]2[C@@H]3CCc4cc(OC5CCCC5)ccc4[C@H]3CC[C@@]21C. The van der Waals surface area contributed by atoms with Crippen LogP contribution >= 0.6 is 0 Å². The second-order valence-corrected chi connectivity index (χ2v) is 10.2. The van der Waals surface area contributed by atoms with Crippen LogP contribution in [0.4, 0.5) is 0 Å². The van der Waals surface area contributed by atoms with E-state index in [2.05, 4.69) is 32.0 Å². The molecule has 2 heteroatoms. The molecule has 0 saturated heterocycles. The molecule has 0 aliphatic heterocycles. The highest BCUT2D eigenvalue weighted by atomic mass is 16.5. The number of ether oxygens (including phenoxy) is 1. The van der Waals surface area contributed by atoms with Gasteiger partial charge in [0.05, 0.1) is 11.7 Å². The third-order valence-electron chi connectivity index (χ3n) is 9.21. The van der Waals surface area contributed by atoms with Crippen LogP contribution in [-0.2, 0) is 6.42 Å². The fraction of sp³-hybridized carbons (Fsp3) is 0.760. The molecule has 0 radical (unpaired) electrons. The number of fused-ring (bicyclic) bond motifs is 5. The van der Waals surface area contributed by atoms with Gasteiger partial charge in [-0.05, 0) is 117 Å². The fourth-order valence-electron chi connectivity index (χ4n) is 7.52. The lowest BCUT2D eigenvalue weighted by Crippen LogP contribution is -2.50. The lowest BCUT2D eigenvalue weighted by molar-refractivity contribution is -0.104. The monoisotopic (exact) mass is 368 g/mol. The van der Waals surface area contributed by atoms with Crippen LogP contribution in [0.2, 0.25) is 0 Å². The largest absolute Gasteiger partial charge is 0.490 e. The summed E-state index contributed by atoms with van der Waals surface area (Å²) in [5.74, 6) is 3.26. The Morgan fingerprint density at radius 1 is 1.07 bits per heavy atom. The Morgan fingerprint density at radius 3 is 2.67 bits per heavy atom. The molecule has 27 heavy (non-hydrogen) atoms. The molecule has 2 nitrogen and oxygen atoms in total. The van der Waals surface area contributed by atoms with Gasteiger partial charge in [0.25, 0.3) is 0 Å². The van der Waals surface area contributed by atoms with Crippen molar-refractivity contribution in [3.05, 3.63) is 29.3 Å². The fourth-order valence-corrected chi connectivity index (χ4v) is 7.52. The van der Waals surface area contributed by atoms with Crippen molar-refractivity contribution in [2.75, 3.05) is 0 Å². The lowest BCUT2D eigenvalue weighted by atomic mass is 9.53. The van der Waals surface area contributed by atoms with Gasteiger partial charge >= 0.3 is 0 Å². The van der Waals surface area contributed by atoms with Crippen molar-refractivity contribution in [1.82, 2.24) is 0 Å². The van der Waals surface area contributed by atoms with Crippen molar-refractivity contribution in [3.63, 3.8) is 0 Å². The average Bonchev–Trinajstić information content (AvgIpc) is 3.28. The van der Waals surface area contributed by atoms with E-state index >= 15 is 0 Å². The van der Waals surface area contributed by atoms with Crippen LogP contribution in [0.3, 0.4) is 0 Å². The van der Waals surface area contributed by atoms with E-state index in [0.29, 0.717) is 17.9 Å². The molecule has 0 heterocycles. The molecule has 4 aliphatic carbocycles. The first-order valence-electron chi connectivity index (χ1n) is 11.6. The van der Waals surface area contributed by atoms with E-state index in [4.69, 9.17) is 4.74 Å². The summed E-state index contributed by atoms with van der Waals surface area (Å²) in [6, 6.07) is 6.99. The molecule has 1 aromatic rings. The van der Waals surface area contributed by atoms with E-state index in [0.717, 1.165) is 24.5 Å². The van der Waals surface area contributed by atoms with Crippen molar-refractivity contribution in [2.24, 2.45) is 17.3 Å². The van der Waals surface area contributed by atoms with E-state index in [1.54, 1.807) is 11.1 Å². The van der Waals surface area contributed by atoms with Crippen molar-refractivity contribution in [3.8, 4) is 5.75 Å². The summed E-state index contributed by atoms with van der Waals surface area (Å²) in [5, 5.41) is 11.3. The van der Waals surface area contributed by atoms with Gasteiger partial charge in [0, 0.05) is 0 Å². The number of rotatable bonds is 3. The van der Waals surface area contributed by atoms with Crippen molar-refractivity contribution < 1.29 is 9.84 Å². The van der Waals surface area contributed by atoms with Crippen LogP contribution in [0.25, 0.3) is 0 Å². The van der Waals surface area contributed by atoms with Crippen LogP contribution < -0.4 is 4.74 Å². The normalized spacial score (nSPS) is 41.1. The van der Waals surface area contributed by atoms with Crippen molar-refractivity contribution >= 4 is 0 Å². The minimum Gasteiger partial charge on any atom is -0.490 e. The third kappa shape index (κ3) is 2.69. The number of hydrogen-bond acceptors (Lipinski definition) is 2. The Hall–Kier alpha value is -1.02. The maximum Gasteiger partial charge on any atom is 0.120 e. The number of hydrogen-bond donors (Lipinski definition) is 1. The highest BCUT2D eigenvalue weighted by Crippen LogP contribution is 2.65. The number of aryl methyl sites for hydroxylation is 1. The molecule has 5 atom stereocenters. The number of benzene rings is 1. The average molecular weight is 369 g/mol. The molecule has 0 bridgehead atoms. The summed E-state index contributed by atoms with van der Waals surface area (Å²) in [5.41, 5.74) is 2.84. The lowest BCUT2D eigenvalue weighted by Gasteiger charge is -2.53. The molecule has 4 aliphatic rings. The maximum absolute atomic E-state index is 11.3. The Balaban J connectivity index is 1.39. The van der Waals surface area contributed by atoms with Gasteiger partial charge in [-0.3, -0.25) is 0 Å². The number of aliphatic hydroxyl groups is 1. The van der Waals surface area contributed by atoms with Gasteiger partial charge in [0.15, 0.2) is 0 Å². The molecule has 1 aromatic carbocycles. The van der Waals surface area contributed by atoms with Crippen LogP contribution in [0.1, 0.15) is 95.1 Å². The third-order valence-corrected chi connectivity index (χ3v) is 9.21. The molecule has 5 rings (SSSR count). The summed E-state index contributed by atoms with van der Waals surface area (Å²) in [6.07, 6.45) is 13.6. The standard InChI is InChI=1S/C25H36O2/c1-3-25(26)15-13-23-22-10-8-17-16-19(27-18-6-4-5-7-18)9-11-20(17)21(22)12-14-24(23,25)2/h9,11,16,18,21-23,26H,3-8,10,12-15H2,1-2H3/t21-,22-,23+,24+,25+/m1/s1. The van der Waals surface area contributed by atoms with Gasteiger partial charge < -0.3 is 9.84 Å². The van der Waals surface area contributed by atoms with Crippen LogP contribution in [0.15, 0.2) is 18.2 Å². The molecule has 0 amide bonds. The van der Waals surface area contributed by atoms with Crippen molar-refractivity contribution in [2.45, 2.75) is 102 Å². The quantitative estimate of drug-likeness (QED) is 0.708. The van der Waals surface area contributed by atoms with E-state index in [9.17, 15) is 5.11 Å². The maximum atomic E-state index is 11.3. The zero-order valence-corrected chi connectivity index (χ0v) is 17.2. The predicted molar refractivity (Wildman–Crippen MR) is 109 cm³/mol. The molecule has 1 N–H and O–H groups in total. The van der Waals surface area contributed by atoms with Gasteiger partial charge in [-0.25, -0.2) is 0 Å². The summed E-state index contributed by atoms with van der Waals surface area (Å²) in [6.45, 7) is 4.58. The van der Waals surface area contributed by atoms with Crippen LogP contribution in [-0.4, -0.2) is 16.8 Å². The Morgan fingerprint density at radius 2 is 1.89 bits per heavy atom. The Bertz CT molecular complexity index is 706. The van der Waals surface area contributed by atoms with E-state index in [1.807, 2.05) is 0 Å². The first-order chi connectivity index (χ1) is 13.0. The van der Waals surface area contributed by atoms with E-state index < -0.39 is 5.60 Å². The highest BCUT2D eigenvalue weighted by Gasteiger charge is 2.60. The molecule has 3 fully saturated rings. The summed E-state index contributed by atoms with van der Waals surface area (Å²) < 4.78 is 6.27.